The Balaban J connectivity index is 1.89. The largest absolute Gasteiger partial charge is 0.393 e. The van der Waals surface area contributed by atoms with Gasteiger partial charge in [-0.3, -0.25) is 4.79 Å². The summed E-state index contributed by atoms with van der Waals surface area (Å²) >= 11 is 0. The molecule has 0 aromatic carbocycles. The fourth-order valence-corrected chi connectivity index (χ4v) is 3.21. The summed E-state index contributed by atoms with van der Waals surface area (Å²) < 4.78 is 41.0. The van der Waals surface area contributed by atoms with Gasteiger partial charge in [-0.1, -0.05) is 26.7 Å². The second kappa shape index (κ2) is 7.36. The highest BCUT2D eigenvalue weighted by atomic mass is 19.4. The zero-order valence-corrected chi connectivity index (χ0v) is 13.6. The van der Waals surface area contributed by atoms with Gasteiger partial charge in [0.05, 0.1) is 5.92 Å². The molecule has 1 amide bonds. The molecule has 0 radical (unpaired) electrons. The molecule has 7 heteroatoms. The molecular formula is C16H24F3N3O. The predicted molar refractivity (Wildman–Crippen MR) is 80.9 cm³/mol. The molecule has 1 N–H and O–H groups in total. The zero-order chi connectivity index (χ0) is 17.0. The summed E-state index contributed by atoms with van der Waals surface area (Å²) in [5.41, 5.74) is 0. The molecule has 2 atom stereocenters. The summed E-state index contributed by atoms with van der Waals surface area (Å²) in [7, 11) is 0. The van der Waals surface area contributed by atoms with Crippen molar-refractivity contribution in [3.8, 4) is 0 Å². The van der Waals surface area contributed by atoms with E-state index < -0.39 is 18.1 Å². The van der Waals surface area contributed by atoms with Crippen molar-refractivity contribution in [3.63, 3.8) is 0 Å². The number of carbonyl (C=O) groups excluding carboxylic acids is 1. The number of rotatable bonds is 5. The van der Waals surface area contributed by atoms with E-state index in [0.717, 1.165) is 12.2 Å². The van der Waals surface area contributed by atoms with Gasteiger partial charge in [0.2, 0.25) is 5.91 Å². The number of imidazole rings is 1. The third-order valence-electron chi connectivity index (χ3n) is 4.38. The number of hydrogen-bond donors (Lipinski definition) is 1. The van der Waals surface area contributed by atoms with Crippen LogP contribution in [0.1, 0.15) is 57.7 Å². The molecule has 1 fully saturated rings. The molecule has 1 heterocycles. The van der Waals surface area contributed by atoms with Crippen molar-refractivity contribution in [1.29, 1.82) is 0 Å². The van der Waals surface area contributed by atoms with Gasteiger partial charge < -0.3 is 9.88 Å². The maximum absolute atomic E-state index is 13.0. The average molecular weight is 331 g/mol. The Hall–Kier alpha value is -1.53. The lowest BCUT2D eigenvalue weighted by atomic mass is 9.84. The predicted octanol–water partition coefficient (Wildman–Crippen LogP) is 3.63. The van der Waals surface area contributed by atoms with E-state index in [2.05, 4.69) is 10.3 Å². The Morgan fingerprint density at radius 2 is 2.09 bits per heavy atom. The number of aryl methyl sites for hydroxylation is 1. The van der Waals surface area contributed by atoms with Gasteiger partial charge >= 0.3 is 6.18 Å². The first kappa shape index (κ1) is 17.8. The van der Waals surface area contributed by atoms with E-state index in [1.165, 1.54) is 0 Å². The molecule has 0 unspecified atom stereocenters. The summed E-state index contributed by atoms with van der Waals surface area (Å²) in [5, 5.41) is 2.59. The Morgan fingerprint density at radius 3 is 2.74 bits per heavy atom. The average Bonchev–Trinajstić information content (AvgIpc) is 2.93. The van der Waals surface area contributed by atoms with Crippen molar-refractivity contribution in [2.45, 2.75) is 70.6 Å². The van der Waals surface area contributed by atoms with Gasteiger partial charge in [0.25, 0.3) is 0 Å². The number of halogens is 3. The first-order valence-corrected chi connectivity index (χ1v) is 8.16. The summed E-state index contributed by atoms with van der Waals surface area (Å²) in [6.07, 6.45) is 1.20. The maximum Gasteiger partial charge on any atom is 0.393 e. The molecule has 1 aliphatic carbocycles. The van der Waals surface area contributed by atoms with Crippen LogP contribution in [0.2, 0.25) is 0 Å². The fourth-order valence-electron chi connectivity index (χ4n) is 3.21. The first-order chi connectivity index (χ1) is 10.8. The van der Waals surface area contributed by atoms with Crippen molar-refractivity contribution in [2.75, 3.05) is 0 Å². The van der Waals surface area contributed by atoms with Crippen molar-refractivity contribution in [1.82, 2.24) is 14.9 Å². The second-order valence-corrected chi connectivity index (χ2v) is 6.49. The quantitative estimate of drug-likeness (QED) is 0.895. The Morgan fingerprint density at radius 1 is 1.39 bits per heavy atom. The number of nitrogens with zero attached hydrogens (tertiary/aromatic N) is 2. The van der Waals surface area contributed by atoms with E-state index in [1.807, 2.05) is 18.4 Å². The van der Waals surface area contributed by atoms with Gasteiger partial charge in [0, 0.05) is 37.3 Å². The monoisotopic (exact) mass is 331 g/mol. The normalized spacial score (nSPS) is 22.3. The lowest BCUT2D eigenvalue weighted by Crippen LogP contribution is -2.47. The van der Waals surface area contributed by atoms with Gasteiger partial charge in [-0.15, -0.1) is 0 Å². The zero-order valence-electron chi connectivity index (χ0n) is 13.6. The molecule has 2 rings (SSSR count). The van der Waals surface area contributed by atoms with Gasteiger partial charge in [-0.05, 0) is 12.8 Å². The van der Waals surface area contributed by atoms with Crippen molar-refractivity contribution in [2.24, 2.45) is 5.92 Å². The number of hydrogen-bond acceptors (Lipinski definition) is 2. The van der Waals surface area contributed by atoms with Crippen LogP contribution in [0.5, 0.6) is 0 Å². The van der Waals surface area contributed by atoms with E-state index in [4.69, 9.17) is 0 Å². The molecule has 1 saturated carbocycles. The lowest BCUT2D eigenvalue weighted by molar-refractivity contribution is -0.189. The maximum atomic E-state index is 13.0. The molecule has 4 nitrogen and oxygen atoms in total. The summed E-state index contributed by atoms with van der Waals surface area (Å²) in [6, 6.07) is -0.788. The molecule has 0 saturated heterocycles. The highest BCUT2D eigenvalue weighted by molar-refractivity contribution is 5.76. The third kappa shape index (κ3) is 4.72. The molecule has 130 valence electrons. The van der Waals surface area contributed by atoms with Gasteiger partial charge in [-0.25, -0.2) is 4.98 Å². The molecule has 0 spiro atoms. The minimum absolute atomic E-state index is 0.105. The van der Waals surface area contributed by atoms with Crippen LogP contribution in [-0.4, -0.2) is 27.7 Å². The fraction of sp³-hybridized carbons (Fsp3) is 0.750. The lowest BCUT2D eigenvalue weighted by Gasteiger charge is -2.33. The van der Waals surface area contributed by atoms with Gasteiger partial charge in [0.15, 0.2) is 0 Å². The topological polar surface area (TPSA) is 46.9 Å². The Labute approximate surface area is 134 Å². The van der Waals surface area contributed by atoms with Crippen LogP contribution in [0.25, 0.3) is 0 Å². The number of amides is 1. The highest BCUT2D eigenvalue weighted by Gasteiger charge is 2.45. The number of alkyl halides is 3. The van der Waals surface area contributed by atoms with Crippen LogP contribution < -0.4 is 5.32 Å². The second-order valence-electron chi connectivity index (χ2n) is 6.49. The minimum Gasteiger partial charge on any atom is -0.353 e. The van der Waals surface area contributed by atoms with Crippen molar-refractivity contribution < 1.29 is 18.0 Å². The molecular weight excluding hydrogens is 307 g/mol. The van der Waals surface area contributed by atoms with Crippen LogP contribution in [0.3, 0.4) is 0 Å². The van der Waals surface area contributed by atoms with Crippen LogP contribution in [-0.2, 0) is 11.3 Å². The van der Waals surface area contributed by atoms with Gasteiger partial charge in [-0.2, -0.15) is 13.2 Å². The summed E-state index contributed by atoms with van der Waals surface area (Å²) in [4.78, 5) is 16.3. The van der Waals surface area contributed by atoms with E-state index in [-0.39, 0.29) is 24.7 Å². The number of aromatic nitrogens is 2. The Bertz CT molecular complexity index is 525. The number of carbonyl (C=O) groups is 1. The van der Waals surface area contributed by atoms with E-state index in [1.54, 1.807) is 12.4 Å². The van der Waals surface area contributed by atoms with Crippen LogP contribution in [0.4, 0.5) is 13.2 Å². The molecule has 1 aromatic rings. The van der Waals surface area contributed by atoms with Crippen LogP contribution >= 0.6 is 0 Å². The summed E-state index contributed by atoms with van der Waals surface area (Å²) in [6.45, 7) is 4.45. The molecule has 0 bridgehead atoms. The third-order valence-corrected chi connectivity index (χ3v) is 4.38. The highest BCUT2D eigenvalue weighted by Crippen LogP contribution is 2.37. The van der Waals surface area contributed by atoms with Gasteiger partial charge in [0.1, 0.15) is 5.82 Å². The van der Waals surface area contributed by atoms with Crippen LogP contribution in [0, 0.1) is 5.92 Å². The minimum atomic E-state index is -4.24. The molecule has 1 aromatic heterocycles. The van der Waals surface area contributed by atoms with Crippen molar-refractivity contribution >= 4 is 5.91 Å². The summed E-state index contributed by atoms with van der Waals surface area (Å²) in [5.74, 6) is -0.626. The Kier molecular flexibility index (Phi) is 5.70. The first-order valence-electron chi connectivity index (χ1n) is 8.16. The molecule has 0 aliphatic heterocycles. The molecule has 1 aliphatic rings. The molecule has 23 heavy (non-hydrogen) atoms. The van der Waals surface area contributed by atoms with E-state index in [9.17, 15) is 18.0 Å². The smallest absolute Gasteiger partial charge is 0.353 e. The SMILES string of the molecule is CC(C)c1nccn1CCC(=O)N[C@H]1CCCC[C@@H]1C(F)(F)F. The number of nitrogens with one attached hydrogen (secondary N) is 1. The van der Waals surface area contributed by atoms with E-state index >= 15 is 0 Å². The standard InChI is InChI=1S/C16H24F3N3O/c1-11(2)15-20-8-10-22(15)9-7-14(23)21-13-6-4-3-5-12(13)16(17,18)19/h8,10-13H,3-7,9H2,1-2H3,(H,21,23)/t12-,13-/m0/s1. The van der Waals surface area contributed by atoms with Crippen LogP contribution in [0.15, 0.2) is 12.4 Å². The van der Waals surface area contributed by atoms with E-state index in [0.29, 0.717) is 19.4 Å². The van der Waals surface area contributed by atoms with Crippen molar-refractivity contribution in [3.05, 3.63) is 18.2 Å².